The first kappa shape index (κ1) is 26.0. The molecule has 1 aliphatic carbocycles. The second-order valence-electron chi connectivity index (χ2n) is 9.61. The standard InChI is InChI=1S/C30H34ClNO4/c1-5-15-35-24-13-9-21(10-14-24)28-27(30(34)36-18(3)6-2)19(4)32-25-16-22(17-26(33)29(25)28)20-7-11-23(31)12-8-20/h7-14,18,22,28,32H,5-6,15-17H2,1-4H3/t18-,22+,28-/m0/s1. The maximum Gasteiger partial charge on any atom is 0.337 e. The lowest BCUT2D eigenvalue weighted by atomic mass is 9.71. The number of ketones is 1. The van der Waals surface area contributed by atoms with Crippen LogP contribution in [0.1, 0.15) is 76.3 Å². The minimum atomic E-state index is -0.489. The van der Waals surface area contributed by atoms with Crippen molar-refractivity contribution >= 4 is 23.4 Å². The van der Waals surface area contributed by atoms with Gasteiger partial charge in [0.05, 0.1) is 18.3 Å². The van der Waals surface area contributed by atoms with Gasteiger partial charge in [0.1, 0.15) is 5.75 Å². The monoisotopic (exact) mass is 507 g/mol. The average molecular weight is 508 g/mol. The molecule has 1 N–H and O–H groups in total. The molecule has 0 fully saturated rings. The Morgan fingerprint density at radius 2 is 1.72 bits per heavy atom. The molecule has 0 unspecified atom stereocenters. The van der Waals surface area contributed by atoms with Crippen molar-refractivity contribution in [3.63, 3.8) is 0 Å². The van der Waals surface area contributed by atoms with E-state index in [4.69, 9.17) is 21.1 Å². The quantitative estimate of drug-likeness (QED) is 0.396. The third-order valence-corrected chi connectivity index (χ3v) is 7.21. The van der Waals surface area contributed by atoms with Crippen molar-refractivity contribution in [3.8, 4) is 5.75 Å². The van der Waals surface area contributed by atoms with Crippen molar-refractivity contribution in [2.75, 3.05) is 6.61 Å². The Balaban J connectivity index is 1.74. The molecule has 6 heteroatoms. The second-order valence-corrected chi connectivity index (χ2v) is 10.0. The molecule has 2 aliphatic rings. The van der Waals surface area contributed by atoms with Crippen molar-refractivity contribution < 1.29 is 19.1 Å². The number of nitrogens with one attached hydrogen (secondary N) is 1. The maximum atomic E-state index is 13.7. The predicted octanol–water partition coefficient (Wildman–Crippen LogP) is 6.83. The normalized spacial score (nSPS) is 20.5. The SMILES string of the molecule is CCCOc1ccc([C@H]2C(C(=O)O[C@@H](C)CC)=C(C)NC3=C2C(=O)C[C@H](c2ccc(Cl)cc2)C3)cc1. The van der Waals surface area contributed by atoms with Gasteiger partial charge in [-0.1, -0.05) is 49.7 Å². The van der Waals surface area contributed by atoms with Crippen LogP contribution in [0.25, 0.3) is 0 Å². The smallest absolute Gasteiger partial charge is 0.337 e. The fourth-order valence-corrected chi connectivity index (χ4v) is 5.05. The molecule has 36 heavy (non-hydrogen) atoms. The number of allylic oxidation sites excluding steroid dienone is 3. The van der Waals surface area contributed by atoms with Gasteiger partial charge in [-0.2, -0.15) is 0 Å². The van der Waals surface area contributed by atoms with Crippen LogP contribution in [0.3, 0.4) is 0 Å². The molecule has 4 rings (SSSR count). The van der Waals surface area contributed by atoms with E-state index in [1.165, 1.54) is 0 Å². The number of hydrogen-bond acceptors (Lipinski definition) is 5. The van der Waals surface area contributed by atoms with Crippen LogP contribution >= 0.6 is 11.6 Å². The lowest BCUT2D eigenvalue weighted by Gasteiger charge is -2.37. The summed E-state index contributed by atoms with van der Waals surface area (Å²) in [4.78, 5) is 27.1. The predicted molar refractivity (Wildman–Crippen MR) is 142 cm³/mol. The molecule has 0 amide bonds. The Hall–Kier alpha value is -3.05. The Morgan fingerprint density at radius 3 is 2.36 bits per heavy atom. The van der Waals surface area contributed by atoms with Gasteiger partial charge in [0.25, 0.3) is 0 Å². The minimum absolute atomic E-state index is 0.0429. The second kappa shape index (κ2) is 11.3. The summed E-state index contributed by atoms with van der Waals surface area (Å²) in [5, 5.41) is 4.08. The lowest BCUT2D eigenvalue weighted by Crippen LogP contribution is -2.36. The van der Waals surface area contributed by atoms with E-state index in [-0.39, 0.29) is 23.8 Å². The van der Waals surface area contributed by atoms with E-state index in [2.05, 4.69) is 12.2 Å². The Labute approximate surface area is 218 Å². The summed E-state index contributed by atoms with van der Waals surface area (Å²) in [5.41, 5.74) is 4.71. The summed E-state index contributed by atoms with van der Waals surface area (Å²) in [6.45, 7) is 8.45. The van der Waals surface area contributed by atoms with Crippen LogP contribution in [0.2, 0.25) is 5.02 Å². The molecule has 0 saturated carbocycles. The fourth-order valence-electron chi connectivity index (χ4n) is 4.92. The zero-order chi connectivity index (χ0) is 25.8. The summed E-state index contributed by atoms with van der Waals surface area (Å²) < 4.78 is 11.5. The van der Waals surface area contributed by atoms with Crippen LogP contribution in [-0.2, 0) is 14.3 Å². The van der Waals surface area contributed by atoms with Gasteiger partial charge < -0.3 is 14.8 Å². The Morgan fingerprint density at radius 1 is 1.06 bits per heavy atom. The molecule has 1 aliphatic heterocycles. The molecular formula is C30H34ClNO4. The van der Waals surface area contributed by atoms with Crippen LogP contribution in [0, 0.1) is 0 Å². The van der Waals surface area contributed by atoms with Gasteiger partial charge in [-0.3, -0.25) is 4.79 Å². The number of carbonyl (C=O) groups is 2. The van der Waals surface area contributed by atoms with Crippen molar-refractivity contribution in [1.82, 2.24) is 5.32 Å². The number of halogens is 1. The van der Waals surface area contributed by atoms with Gasteiger partial charge in [0, 0.05) is 34.3 Å². The van der Waals surface area contributed by atoms with Crippen LogP contribution in [0.4, 0.5) is 0 Å². The van der Waals surface area contributed by atoms with Crippen molar-refractivity contribution in [3.05, 3.63) is 87.2 Å². The zero-order valence-electron chi connectivity index (χ0n) is 21.4. The molecule has 0 radical (unpaired) electrons. The maximum absolute atomic E-state index is 13.7. The number of benzene rings is 2. The van der Waals surface area contributed by atoms with E-state index in [0.29, 0.717) is 35.6 Å². The number of hydrogen-bond donors (Lipinski definition) is 1. The zero-order valence-corrected chi connectivity index (χ0v) is 22.2. The molecule has 190 valence electrons. The van der Waals surface area contributed by atoms with E-state index >= 15 is 0 Å². The molecule has 1 heterocycles. The number of esters is 1. The number of carbonyl (C=O) groups excluding carboxylic acids is 2. The number of dihydropyridines is 1. The van der Waals surface area contributed by atoms with Gasteiger partial charge in [0.15, 0.2) is 5.78 Å². The molecule has 0 aromatic heterocycles. The highest BCUT2D eigenvalue weighted by Crippen LogP contribution is 2.46. The summed E-state index contributed by atoms with van der Waals surface area (Å²) in [7, 11) is 0. The van der Waals surface area contributed by atoms with E-state index < -0.39 is 5.92 Å². The van der Waals surface area contributed by atoms with E-state index in [0.717, 1.165) is 41.1 Å². The fraction of sp³-hybridized carbons (Fsp3) is 0.400. The van der Waals surface area contributed by atoms with Crippen LogP contribution in [-0.4, -0.2) is 24.5 Å². The highest BCUT2D eigenvalue weighted by molar-refractivity contribution is 6.30. The first-order chi connectivity index (χ1) is 17.3. The lowest BCUT2D eigenvalue weighted by molar-refractivity contribution is -0.144. The first-order valence-electron chi connectivity index (χ1n) is 12.8. The summed E-state index contributed by atoms with van der Waals surface area (Å²) in [5.74, 6) is -0.0123. The third kappa shape index (κ3) is 5.52. The van der Waals surface area contributed by atoms with E-state index in [1.54, 1.807) is 0 Å². The van der Waals surface area contributed by atoms with Crippen LogP contribution < -0.4 is 10.1 Å². The molecule has 0 spiro atoms. The summed E-state index contributed by atoms with van der Waals surface area (Å²) in [6.07, 6.45) is 2.48. The number of ether oxygens (including phenoxy) is 2. The highest BCUT2D eigenvalue weighted by atomic mass is 35.5. The Bertz CT molecular complexity index is 1180. The molecule has 0 bridgehead atoms. The average Bonchev–Trinajstić information content (AvgIpc) is 2.87. The van der Waals surface area contributed by atoms with Crippen molar-refractivity contribution in [2.45, 2.75) is 71.3 Å². The van der Waals surface area contributed by atoms with Crippen LogP contribution in [0.5, 0.6) is 5.75 Å². The first-order valence-corrected chi connectivity index (χ1v) is 13.1. The molecular weight excluding hydrogens is 474 g/mol. The van der Waals surface area contributed by atoms with Gasteiger partial charge >= 0.3 is 5.97 Å². The van der Waals surface area contributed by atoms with Gasteiger partial charge in [0.2, 0.25) is 0 Å². The topological polar surface area (TPSA) is 64.6 Å². The summed E-state index contributed by atoms with van der Waals surface area (Å²) in [6, 6.07) is 15.4. The van der Waals surface area contributed by atoms with Crippen molar-refractivity contribution in [2.24, 2.45) is 0 Å². The number of rotatable bonds is 8. The van der Waals surface area contributed by atoms with E-state index in [9.17, 15) is 9.59 Å². The molecule has 5 nitrogen and oxygen atoms in total. The molecule has 3 atom stereocenters. The largest absolute Gasteiger partial charge is 0.494 e. The van der Waals surface area contributed by atoms with Gasteiger partial charge in [-0.05, 0) is 74.4 Å². The molecule has 0 saturated heterocycles. The molecule has 2 aromatic carbocycles. The van der Waals surface area contributed by atoms with Crippen LogP contribution in [0.15, 0.2) is 71.1 Å². The van der Waals surface area contributed by atoms with Gasteiger partial charge in [-0.15, -0.1) is 0 Å². The third-order valence-electron chi connectivity index (χ3n) is 6.96. The molecule has 2 aromatic rings. The van der Waals surface area contributed by atoms with Gasteiger partial charge in [-0.25, -0.2) is 4.79 Å². The highest BCUT2D eigenvalue weighted by Gasteiger charge is 2.41. The Kier molecular flexibility index (Phi) is 8.20. The van der Waals surface area contributed by atoms with E-state index in [1.807, 2.05) is 69.3 Å². The number of Topliss-reactive ketones (excluding diaryl/α,β-unsaturated/α-hetero) is 1. The minimum Gasteiger partial charge on any atom is -0.494 e. The van der Waals surface area contributed by atoms with Crippen molar-refractivity contribution in [1.29, 1.82) is 0 Å². The summed E-state index contributed by atoms with van der Waals surface area (Å²) >= 11 is 6.08.